The van der Waals surface area contributed by atoms with Crippen molar-refractivity contribution < 1.29 is 0 Å². The Balaban J connectivity index is 2.88. The lowest BCUT2D eigenvalue weighted by molar-refractivity contribution is 1.12. The van der Waals surface area contributed by atoms with E-state index in [-0.39, 0.29) is 5.28 Å². The molecule has 1 rings (SSSR count). The lowest BCUT2D eigenvalue weighted by atomic mass is 10.4. The molecule has 0 aliphatic rings. The fraction of sp³-hybridized carbons (Fsp3) is 0.200. The third-order valence-corrected chi connectivity index (χ3v) is 1.33. The number of aromatic nitrogens is 2. The Bertz CT molecular complexity index is 185. The van der Waals surface area contributed by atoms with Crippen molar-refractivity contribution in [2.75, 3.05) is 0 Å². The van der Waals surface area contributed by atoms with Crippen molar-refractivity contribution >= 4 is 23.2 Å². The standard InChI is InChI=1S/C5H4Cl2N2/c6-1-4-2-8-5(7)9-3-4/h2-3H,1H2. The maximum atomic E-state index is 5.46. The number of halogens is 2. The zero-order chi connectivity index (χ0) is 6.69. The highest BCUT2D eigenvalue weighted by molar-refractivity contribution is 6.28. The smallest absolute Gasteiger partial charge is 0.222 e. The monoisotopic (exact) mass is 162 g/mol. The first kappa shape index (κ1) is 6.78. The van der Waals surface area contributed by atoms with E-state index in [2.05, 4.69) is 9.97 Å². The van der Waals surface area contributed by atoms with Gasteiger partial charge in [0.2, 0.25) is 5.28 Å². The van der Waals surface area contributed by atoms with Gasteiger partial charge in [0.25, 0.3) is 0 Å². The van der Waals surface area contributed by atoms with Crippen molar-refractivity contribution in [3.63, 3.8) is 0 Å². The van der Waals surface area contributed by atoms with Gasteiger partial charge in [0.1, 0.15) is 0 Å². The Morgan fingerprint density at radius 3 is 2.33 bits per heavy atom. The normalized spacial score (nSPS) is 9.56. The van der Waals surface area contributed by atoms with Crippen LogP contribution in [0.4, 0.5) is 0 Å². The molecule has 0 unspecified atom stereocenters. The van der Waals surface area contributed by atoms with E-state index in [1.54, 1.807) is 12.4 Å². The van der Waals surface area contributed by atoms with Crippen molar-refractivity contribution in [2.24, 2.45) is 0 Å². The zero-order valence-electron chi connectivity index (χ0n) is 4.51. The summed E-state index contributed by atoms with van der Waals surface area (Å²) >= 11 is 10.9. The number of alkyl halides is 1. The van der Waals surface area contributed by atoms with E-state index in [0.717, 1.165) is 5.56 Å². The van der Waals surface area contributed by atoms with Crippen molar-refractivity contribution in [2.45, 2.75) is 5.88 Å². The molecule has 0 aliphatic carbocycles. The molecule has 9 heavy (non-hydrogen) atoms. The molecular weight excluding hydrogens is 159 g/mol. The average molecular weight is 163 g/mol. The minimum atomic E-state index is 0.254. The summed E-state index contributed by atoms with van der Waals surface area (Å²) in [6, 6.07) is 0. The Morgan fingerprint density at radius 2 is 1.89 bits per heavy atom. The molecule has 1 heterocycles. The minimum absolute atomic E-state index is 0.254. The summed E-state index contributed by atoms with van der Waals surface area (Å²) in [5.41, 5.74) is 0.876. The molecule has 2 nitrogen and oxygen atoms in total. The maximum Gasteiger partial charge on any atom is 0.222 e. The Hall–Kier alpha value is -0.340. The second-order valence-corrected chi connectivity index (χ2v) is 2.10. The molecule has 4 heteroatoms. The molecule has 0 amide bonds. The molecule has 0 atom stereocenters. The molecule has 0 fully saturated rings. The van der Waals surface area contributed by atoms with Crippen LogP contribution in [0.1, 0.15) is 5.56 Å². The predicted octanol–water partition coefficient (Wildman–Crippen LogP) is 1.87. The summed E-state index contributed by atoms with van der Waals surface area (Å²) < 4.78 is 0. The summed E-state index contributed by atoms with van der Waals surface area (Å²) in [7, 11) is 0. The highest BCUT2D eigenvalue weighted by atomic mass is 35.5. The molecule has 1 aromatic heterocycles. The summed E-state index contributed by atoms with van der Waals surface area (Å²) in [5, 5.41) is 0.254. The quantitative estimate of drug-likeness (QED) is 0.466. The van der Waals surface area contributed by atoms with Gasteiger partial charge >= 0.3 is 0 Å². The Kier molecular flexibility index (Phi) is 2.25. The second kappa shape index (κ2) is 2.99. The van der Waals surface area contributed by atoms with Crippen LogP contribution in [0.25, 0.3) is 0 Å². The van der Waals surface area contributed by atoms with Crippen molar-refractivity contribution in [3.05, 3.63) is 23.2 Å². The number of hydrogen-bond acceptors (Lipinski definition) is 2. The lowest BCUT2D eigenvalue weighted by Gasteiger charge is -1.90. The highest BCUT2D eigenvalue weighted by Crippen LogP contribution is 2.02. The fourth-order valence-corrected chi connectivity index (χ4v) is 0.644. The first-order valence-electron chi connectivity index (χ1n) is 2.35. The molecule has 0 bridgehead atoms. The summed E-state index contributed by atoms with van der Waals surface area (Å²) in [4.78, 5) is 7.44. The molecule has 0 saturated heterocycles. The SMILES string of the molecule is ClCc1cnc(Cl)nc1. The van der Waals surface area contributed by atoms with Gasteiger partial charge in [0.15, 0.2) is 0 Å². The van der Waals surface area contributed by atoms with E-state index in [9.17, 15) is 0 Å². The molecule has 0 aromatic carbocycles. The largest absolute Gasteiger partial charge is 0.226 e. The first-order chi connectivity index (χ1) is 4.33. The topological polar surface area (TPSA) is 25.8 Å². The maximum absolute atomic E-state index is 5.46. The molecule has 0 radical (unpaired) electrons. The van der Waals surface area contributed by atoms with Crippen molar-refractivity contribution in [3.8, 4) is 0 Å². The van der Waals surface area contributed by atoms with Gasteiger partial charge in [-0.1, -0.05) is 0 Å². The van der Waals surface area contributed by atoms with Crippen LogP contribution in [0.5, 0.6) is 0 Å². The van der Waals surface area contributed by atoms with Gasteiger partial charge in [-0.2, -0.15) is 0 Å². The molecular formula is C5H4Cl2N2. The van der Waals surface area contributed by atoms with Crippen LogP contribution < -0.4 is 0 Å². The first-order valence-corrected chi connectivity index (χ1v) is 3.26. The van der Waals surface area contributed by atoms with Crippen molar-refractivity contribution in [1.29, 1.82) is 0 Å². The van der Waals surface area contributed by atoms with Gasteiger partial charge < -0.3 is 0 Å². The van der Waals surface area contributed by atoms with Crippen LogP contribution in [0.3, 0.4) is 0 Å². The average Bonchev–Trinajstić information content (AvgIpc) is 1.90. The van der Waals surface area contributed by atoms with Crippen LogP contribution in [-0.2, 0) is 5.88 Å². The van der Waals surface area contributed by atoms with Gasteiger partial charge in [-0.25, -0.2) is 9.97 Å². The fourth-order valence-electron chi connectivity index (χ4n) is 0.408. The third-order valence-electron chi connectivity index (χ3n) is 0.828. The molecule has 0 N–H and O–H groups in total. The van der Waals surface area contributed by atoms with Gasteiger partial charge in [-0.05, 0) is 11.6 Å². The third kappa shape index (κ3) is 1.80. The van der Waals surface area contributed by atoms with E-state index in [1.807, 2.05) is 0 Å². The minimum Gasteiger partial charge on any atom is -0.226 e. The number of nitrogens with zero attached hydrogens (tertiary/aromatic N) is 2. The van der Waals surface area contributed by atoms with Crippen molar-refractivity contribution in [1.82, 2.24) is 9.97 Å². The number of hydrogen-bond donors (Lipinski definition) is 0. The van der Waals surface area contributed by atoms with E-state index < -0.39 is 0 Å². The van der Waals surface area contributed by atoms with Gasteiger partial charge in [0, 0.05) is 18.0 Å². The van der Waals surface area contributed by atoms with Gasteiger partial charge in [-0.3, -0.25) is 0 Å². The van der Waals surface area contributed by atoms with E-state index >= 15 is 0 Å². The molecule has 0 spiro atoms. The number of rotatable bonds is 1. The van der Waals surface area contributed by atoms with Gasteiger partial charge in [-0.15, -0.1) is 11.6 Å². The highest BCUT2D eigenvalue weighted by Gasteiger charge is 1.90. The molecule has 48 valence electrons. The van der Waals surface area contributed by atoms with Gasteiger partial charge in [0.05, 0.1) is 5.88 Å². The van der Waals surface area contributed by atoms with E-state index in [4.69, 9.17) is 23.2 Å². The Morgan fingerprint density at radius 1 is 1.33 bits per heavy atom. The summed E-state index contributed by atoms with van der Waals surface area (Å²) in [6.07, 6.45) is 3.20. The van der Waals surface area contributed by atoms with Crippen LogP contribution in [0.2, 0.25) is 5.28 Å². The van der Waals surface area contributed by atoms with Crippen LogP contribution in [-0.4, -0.2) is 9.97 Å². The van der Waals surface area contributed by atoms with Crippen LogP contribution >= 0.6 is 23.2 Å². The van der Waals surface area contributed by atoms with E-state index in [1.165, 1.54) is 0 Å². The zero-order valence-corrected chi connectivity index (χ0v) is 6.02. The molecule has 0 saturated carbocycles. The molecule has 1 aromatic rings. The van der Waals surface area contributed by atoms with Crippen LogP contribution in [0.15, 0.2) is 12.4 Å². The van der Waals surface area contributed by atoms with Crippen LogP contribution in [0, 0.1) is 0 Å². The lowest BCUT2D eigenvalue weighted by Crippen LogP contribution is -1.83. The summed E-state index contributed by atoms with van der Waals surface area (Å²) in [5.74, 6) is 0.428. The molecule has 0 aliphatic heterocycles. The predicted molar refractivity (Wildman–Crippen MR) is 36.6 cm³/mol. The second-order valence-electron chi connectivity index (χ2n) is 1.49. The summed E-state index contributed by atoms with van der Waals surface area (Å²) in [6.45, 7) is 0. The van der Waals surface area contributed by atoms with E-state index in [0.29, 0.717) is 5.88 Å². The Labute approximate surface area is 62.8 Å².